The molecular formula is C18H18N4O6S. The van der Waals surface area contributed by atoms with Gasteiger partial charge in [0.1, 0.15) is 0 Å². The number of rotatable bonds is 5. The number of carbonyl (C=O) groups excluding carboxylic acids is 3. The van der Waals surface area contributed by atoms with E-state index in [0.717, 1.165) is 14.2 Å². The van der Waals surface area contributed by atoms with Gasteiger partial charge in [0.2, 0.25) is 12.4 Å². The smallest absolute Gasteiger partial charge is 0.436 e. The van der Waals surface area contributed by atoms with E-state index in [1.54, 1.807) is 36.4 Å². The number of alkyl carbamates (subject to hydrolysis) is 1. The van der Waals surface area contributed by atoms with E-state index in [9.17, 15) is 18.9 Å². The largest absolute Gasteiger partial charge is 0.606 e. The Kier molecular flexibility index (Phi) is 8.00. The first-order chi connectivity index (χ1) is 14.0. The van der Waals surface area contributed by atoms with Crippen LogP contribution in [0.4, 0.5) is 21.0 Å². The number of carbonyl (C=O) groups is 3. The Labute approximate surface area is 169 Å². The third kappa shape index (κ3) is 6.23. The Balaban J connectivity index is 2.41. The lowest BCUT2D eigenvalue weighted by Crippen LogP contribution is -2.36. The Bertz CT molecular complexity index is 906. The van der Waals surface area contributed by atoms with Gasteiger partial charge in [-0.3, -0.25) is 10.1 Å². The molecular weight excluding hydrogens is 400 g/mol. The van der Waals surface area contributed by atoms with Crippen molar-refractivity contribution in [3.63, 3.8) is 0 Å². The van der Waals surface area contributed by atoms with E-state index in [2.05, 4.69) is 30.4 Å². The lowest BCUT2D eigenvalue weighted by atomic mass is 10.2. The fourth-order valence-corrected chi connectivity index (χ4v) is 3.20. The number of benzene rings is 2. The maximum absolute atomic E-state index is 12.8. The average molecular weight is 418 g/mol. The molecule has 3 N–H and O–H groups in total. The van der Waals surface area contributed by atoms with E-state index in [0.29, 0.717) is 16.2 Å². The minimum Gasteiger partial charge on any atom is -0.606 e. The molecule has 11 heteroatoms. The molecule has 0 fully saturated rings. The Morgan fingerprint density at radius 3 is 2.38 bits per heavy atom. The second-order valence-corrected chi connectivity index (χ2v) is 6.70. The Morgan fingerprint density at radius 1 is 1.03 bits per heavy atom. The molecule has 2 rings (SSSR count). The number of methoxy groups -OCH3 is 2. The summed E-state index contributed by atoms with van der Waals surface area (Å²) >= 11 is -1.51. The summed E-state index contributed by atoms with van der Waals surface area (Å²) in [4.78, 5) is 38.5. The topological polar surface area (TPSA) is 141 Å². The molecule has 10 nitrogen and oxygen atoms in total. The van der Waals surface area contributed by atoms with Crippen LogP contribution in [0.15, 0.2) is 63.3 Å². The average Bonchev–Trinajstić information content (AvgIpc) is 2.74. The number of hydrogen-bond donors (Lipinski definition) is 3. The van der Waals surface area contributed by atoms with Gasteiger partial charge in [0.05, 0.1) is 25.6 Å². The molecule has 0 saturated carbocycles. The van der Waals surface area contributed by atoms with Crippen LogP contribution in [0.2, 0.25) is 0 Å². The molecule has 0 spiro atoms. The van der Waals surface area contributed by atoms with E-state index in [1.807, 2.05) is 0 Å². The molecule has 29 heavy (non-hydrogen) atoms. The summed E-state index contributed by atoms with van der Waals surface area (Å²) in [6.07, 6.45) is -1.44. The molecule has 0 bridgehead atoms. The molecule has 0 saturated heterocycles. The minimum absolute atomic E-state index is 0.220. The summed E-state index contributed by atoms with van der Waals surface area (Å²) < 4.78 is 21.7. The summed E-state index contributed by atoms with van der Waals surface area (Å²) in [7, 11) is 2.25. The maximum Gasteiger partial charge on any atom is 0.436 e. The summed E-state index contributed by atoms with van der Waals surface area (Å²) in [6, 6.07) is 13.3. The van der Waals surface area contributed by atoms with Crippen LogP contribution in [-0.4, -0.2) is 43.3 Å². The molecule has 1 atom stereocenters. The van der Waals surface area contributed by atoms with Crippen molar-refractivity contribution >= 4 is 47.1 Å². The van der Waals surface area contributed by atoms with Crippen molar-refractivity contribution < 1.29 is 28.4 Å². The van der Waals surface area contributed by atoms with Crippen LogP contribution in [0, 0.1) is 0 Å². The molecule has 152 valence electrons. The van der Waals surface area contributed by atoms with E-state index in [4.69, 9.17) is 0 Å². The van der Waals surface area contributed by atoms with Crippen molar-refractivity contribution in [2.24, 2.45) is 4.99 Å². The monoisotopic (exact) mass is 418 g/mol. The van der Waals surface area contributed by atoms with Crippen molar-refractivity contribution in [2.45, 2.75) is 9.79 Å². The maximum atomic E-state index is 12.8. The predicted molar refractivity (Wildman–Crippen MR) is 106 cm³/mol. The standard InChI is InChI=1S/C18H18N4O6S/c1-27-17(24)21-16(22-18(25)28-2)20-15-10-13(8-9-14(15)19-11-23)29(26)12-6-4-3-5-7-12/h3-11H,1-2H3,(H,19,23)(H2,20,21,22,24,25). The summed E-state index contributed by atoms with van der Waals surface area (Å²) in [6.45, 7) is 0. The summed E-state index contributed by atoms with van der Waals surface area (Å²) in [5.41, 5.74) is 0.510. The highest BCUT2D eigenvalue weighted by Crippen LogP contribution is 2.28. The van der Waals surface area contributed by atoms with Crippen molar-refractivity contribution in [3.05, 3.63) is 48.5 Å². The van der Waals surface area contributed by atoms with Crippen LogP contribution in [0.3, 0.4) is 0 Å². The number of nitrogens with one attached hydrogen (secondary N) is 3. The first-order valence-corrected chi connectivity index (χ1v) is 9.23. The highest BCUT2D eigenvalue weighted by atomic mass is 32.2. The van der Waals surface area contributed by atoms with Crippen LogP contribution in [0.1, 0.15) is 0 Å². The number of guanidine groups is 1. The van der Waals surface area contributed by atoms with Gasteiger partial charge in [-0.05, 0) is 24.3 Å². The third-order valence-corrected chi connectivity index (χ3v) is 4.80. The highest BCUT2D eigenvalue weighted by Gasteiger charge is 2.18. The van der Waals surface area contributed by atoms with E-state index in [1.165, 1.54) is 12.1 Å². The van der Waals surface area contributed by atoms with Crippen molar-refractivity contribution in [1.29, 1.82) is 0 Å². The third-order valence-electron chi connectivity index (χ3n) is 3.41. The molecule has 0 radical (unpaired) electrons. The van der Waals surface area contributed by atoms with Gasteiger partial charge in [-0.25, -0.2) is 9.59 Å². The normalized spacial score (nSPS) is 11.8. The molecule has 0 heterocycles. The zero-order valence-corrected chi connectivity index (χ0v) is 16.3. The van der Waals surface area contributed by atoms with Gasteiger partial charge in [-0.2, -0.15) is 0 Å². The molecule has 2 aromatic carbocycles. The zero-order valence-electron chi connectivity index (χ0n) is 15.5. The van der Waals surface area contributed by atoms with Crippen LogP contribution >= 0.6 is 0 Å². The summed E-state index contributed by atoms with van der Waals surface area (Å²) in [5, 5.41) is 7.37. The van der Waals surface area contributed by atoms with Gasteiger partial charge in [-0.1, -0.05) is 18.2 Å². The number of aliphatic imine (C=N–C) groups is 1. The van der Waals surface area contributed by atoms with E-state index >= 15 is 0 Å². The zero-order chi connectivity index (χ0) is 21.2. The predicted octanol–water partition coefficient (Wildman–Crippen LogP) is 2.31. The van der Waals surface area contributed by atoms with Gasteiger partial charge in [-0.15, -0.1) is 4.99 Å². The van der Waals surface area contributed by atoms with E-state index < -0.39 is 23.4 Å². The second-order valence-electron chi connectivity index (χ2n) is 5.22. The van der Waals surface area contributed by atoms with E-state index in [-0.39, 0.29) is 17.3 Å². The van der Waals surface area contributed by atoms with Crippen LogP contribution in [-0.2, 0) is 25.4 Å². The number of anilines is 2. The first kappa shape index (κ1) is 21.7. The number of amides is 3. The van der Waals surface area contributed by atoms with Gasteiger partial charge in [0.25, 0.3) is 0 Å². The molecule has 0 aliphatic rings. The van der Waals surface area contributed by atoms with Crippen LogP contribution < -0.4 is 16.0 Å². The first-order valence-electron chi connectivity index (χ1n) is 8.08. The van der Waals surface area contributed by atoms with Gasteiger partial charge in [0.15, 0.2) is 9.79 Å². The minimum atomic E-state index is -1.51. The number of ether oxygens (including phenoxy) is 2. The van der Waals surface area contributed by atoms with Crippen molar-refractivity contribution in [1.82, 2.24) is 5.32 Å². The highest BCUT2D eigenvalue weighted by molar-refractivity contribution is 7.91. The van der Waals surface area contributed by atoms with Gasteiger partial charge < -0.3 is 24.7 Å². The number of nitrogens with zero attached hydrogens (tertiary/aromatic N) is 1. The summed E-state index contributed by atoms with van der Waals surface area (Å²) in [5.74, 6) is -0.319. The second kappa shape index (κ2) is 10.7. The van der Waals surface area contributed by atoms with Crippen molar-refractivity contribution in [3.8, 4) is 0 Å². The quantitative estimate of drug-likeness (QED) is 0.293. The van der Waals surface area contributed by atoms with Gasteiger partial charge in [0, 0.05) is 17.2 Å². The molecule has 0 aliphatic heterocycles. The molecule has 0 aromatic heterocycles. The van der Waals surface area contributed by atoms with Gasteiger partial charge >= 0.3 is 12.2 Å². The Hall–Kier alpha value is -3.57. The molecule has 1 unspecified atom stereocenters. The molecule has 0 aliphatic carbocycles. The fourth-order valence-electron chi connectivity index (χ4n) is 2.11. The molecule has 2 aromatic rings. The fraction of sp³-hybridized carbons (Fsp3) is 0.111. The lowest BCUT2D eigenvalue weighted by Gasteiger charge is -2.16. The molecule has 3 amide bonds. The van der Waals surface area contributed by atoms with Crippen LogP contribution in [0.25, 0.3) is 0 Å². The van der Waals surface area contributed by atoms with Crippen LogP contribution in [0.5, 0.6) is 0 Å². The lowest BCUT2D eigenvalue weighted by molar-refractivity contribution is -0.105. The number of hydrogen-bond acceptors (Lipinski definition) is 6. The van der Waals surface area contributed by atoms with Crippen molar-refractivity contribution in [2.75, 3.05) is 24.9 Å². The Morgan fingerprint density at radius 2 is 1.76 bits per heavy atom. The SMILES string of the molecule is COC(=O)/N=C(\NC(=O)OC)Nc1cc([S+]([O-])c2ccccc2)ccc1NC=O.